The van der Waals surface area contributed by atoms with E-state index >= 15 is 0 Å². The van der Waals surface area contributed by atoms with Crippen molar-refractivity contribution >= 4 is 11.9 Å². The highest BCUT2D eigenvalue weighted by molar-refractivity contribution is 5.76. The van der Waals surface area contributed by atoms with Crippen molar-refractivity contribution in [2.75, 3.05) is 51.8 Å². The number of hydrogen-bond acceptors (Lipinski definition) is 6. The van der Waals surface area contributed by atoms with Crippen molar-refractivity contribution in [3.8, 4) is 0 Å². The first-order valence-electron chi connectivity index (χ1n) is 9.35. The summed E-state index contributed by atoms with van der Waals surface area (Å²) in [5.41, 5.74) is 4.46. The maximum atomic E-state index is 12.4. The van der Waals surface area contributed by atoms with Crippen LogP contribution in [0.15, 0.2) is 12.4 Å². The number of hydrogen-bond donors (Lipinski definition) is 1. The molecule has 172 valence electrons. The summed E-state index contributed by atoms with van der Waals surface area (Å²) in [5, 5.41) is 0. The minimum Gasteiger partial charge on any atom is -0.388 e. The molecule has 7 nitrogen and oxygen atoms in total. The van der Waals surface area contributed by atoms with Gasteiger partial charge in [0.05, 0.1) is 5.56 Å². The highest BCUT2D eigenvalue weighted by Crippen LogP contribution is 2.28. The van der Waals surface area contributed by atoms with Crippen LogP contribution in [0.2, 0.25) is 0 Å². The molecular formula is C19H38F3N5O2. The summed E-state index contributed by atoms with van der Waals surface area (Å²) in [4.78, 5) is 22.6. The highest BCUT2D eigenvalue weighted by atomic mass is 19.4. The average Bonchev–Trinajstić information content (AvgIpc) is 2.71. The van der Waals surface area contributed by atoms with Gasteiger partial charge in [0.15, 0.2) is 0 Å². The van der Waals surface area contributed by atoms with Crippen molar-refractivity contribution in [1.29, 1.82) is 0 Å². The molecule has 1 aliphatic heterocycles. The molecule has 0 radical (unpaired) electrons. The van der Waals surface area contributed by atoms with E-state index in [1.165, 1.54) is 0 Å². The Bertz CT molecular complexity index is 506. The summed E-state index contributed by atoms with van der Waals surface area (Å²) in [6, 6.07) is 0. The molecule has 0 saturated carbocycles. The normalized spacial score (nSPS) is 12.8. The average molecular weight is 426 g/mol. The lowest BCUT2D eigenvalue weighted by Crippen LogP contribution is -2.49. The first-order valence-corrected chi connectivity index (χ1v) is 9.35. The molecule has 2 N–H and O–H groups in total. The second-order valence-corrected chi connectivity index (χ2v) is 5.08. The van der Waals surface area contributed by atoms with Crippen molar-refractivity contribution in [3.05, 3.63) is 18.0 Å². The lowest BCUT2D eigenvalue weighted by molar-refractivity contribution is -0.138. The molecule has 1 aromatic heterocycles. The van der Waals surface area contributed by atoms with E-state index in [2.05, 4.69) is 14.7 Å². The van der Waals surface area contributed by atoms with Gasteiger partial charge in [0.1, 0.15) is 0 Å². The van der Waals surface area contributed by atoms with Crippen LogP contribution in [-0.2, 0) is 15.7 Å². The summed E-state index contributed by atoms with van der Waals surface area (Å²) >= 11 is 0. The van der Waals surface area contributed by atoms with E-state index < -0.39 is 11.7 Å². The summed E-state index contributed by atoms with van der Waals surface area (Å²) < 4.78 is 41.5. The van der Waals surface area contributed by atoms with Gasteiger partial charge in [0.2, 0.25) is 11.9 Å². The molecule has 1 aliphatic rings. The Labute approximate surface area is 173 Å². The molecule has 0 atom stereocenters. The number of ether oxygens (including phenoxy) is 1. The molecule has 0 bridgehead atoms. The fraction of sp³-hybridized carbons (Fsp3) is 0.737. The number of anilines is 1. The number of amides is 1. The Morgan fingerprint density at radius 2 is 1.48 bits per heavy atom. The Balaban J connectivity index is -0.000000754. The first kappa shape index (κ1) is 31.7. The Morgan fingerprint density at radius 1 is 1.07 bits per heavy atom. The maximum Gasteiger partial charge on any atom is 0.419 e. The molecule has 1 fully saturated rings. The van der Waals surface area contributed by atoms with Crippen LogP contribution in [0.1, 0.15) is 47.1 Å². The van der Waals surface area contributed by atoms with Gasteiger partial charge in [-0.3, -0.25) is 4.79 Å². The number of carbonyl (C=O) groups is 1. The highest BCUT2D eigenvalue weighted by Gasteiger charge is 2.32. The third-order valence-corrected chi connectivity index (χ3v) is 3.24. The van der Waals surface area contributed by atoms with Gasteiger partial charge < -0.3 is 20.3 Å². The van der Waals surface area contributed by atoms with Crippen LogP contribution in [0.4, 0.5) is 19.1 Å². The van der Waals surface area contributed by atoms with E-state index in [1.54, 1.807) is 24.0 Å². The van der Waals surface area contributed by atoms with E-state index in [-0.39, 0.29) is 19.3 Å². The van der Waals surface area contributed by atoms with Crippen molar-refractivity contribution in [1.82, 2.24) is 14.9 Å². The van der Waals surface area contributed by atoms with Gasteiger partial charge in [-0.1, -0.05) is 35.1 Å². The molecule has 1 aromatic rings. The summed E-state index contributed by atoms with van der Waals surface area (Å²) in [6.07, 6.45) is -2.59. The maximum absolute atomic E-state index is 12.4. The zero-order valence-corrected chi connectivity index (χ0v) is 17.7. The zero-order valence-electron chi connectivity index (χ0n) is 17.7. The second kappa shape index (κ2) is 18.1. The molecule has 0 spiro atoms. The molecular weight excluding hydrogens is 387 g/mol. The minimum absolute atomic E-state index is 0. The van der Waals surface area contributed by atoms with Crippen molar-refractivity contribution < 1.29 is 22.7 Å². The molecule has 2 rings (SSSR count). The van der Waals surface area contributed by atoms with Crippen LogP contribution in [0.3, 0.4) is 0 Å². The number of alkyl halides is 3. The monoisotopic (exact) mass is 425 g/mol. The smallest absolute Gasteiger partial charge is 0.388 e. The minimum atomic E-state index is -4.44. The van der Waals surface area contributed by atoms with Gasteiger partial charge in [-0.15, -0.1) is 0 Å². The number of nitrogens with zero attached hydrogens (tertiary/aromatic N) is 4. The van der Waals surface area contributed by atoms with E-state index in [9.17, 15) is 18.0 Å². The first-order chi connectivity index (χ1) is 13.3. The summed E-state index contributed by atoms with van der Waals surface area (Å²) in [6.45, 7) is 10.3. The van der Waals surface area contributed by atoms with Crippen molar-refractivity contribution in [2.24, 2.45) is 5.73 Å². The van der Waals surface area contributed by atoms with E-state index in [1.807, 2.05) is 27.7 Å². The zero-order chi connectivity index (χ0) is 22.2. The van der Waals surface area contributed by atoms with Gasteiger partial charge >= 0.3 is 6.18 Å². The third-order valence-electron chi connectivity index (χ3n) is 3.24. The Morgan fingerprint density at radius 3 is 1.83 bits per heavy atom. The fourth-order valence-electron chi connectivity index (χ4n) is 2.07. The number of methoxy groups -OCH3 is 1. The number of nitrogens with two attached hydrogens (primary N) is 1. The fourth-order valence-corrected chi connectivity index (χ4v) is 2.07. The van der Waals surface area contributed by atoms with E-state index in [4.69, 9.17) is 5.73 Å². The van der Waals surface area contributed by atoms with Crippen LogP contribution in [0, 0.1) is 0 Å². The Hall–Kier alpha value is -1.94. The van der Waals surface area contributed by atoms with Crippen LogP contribution >= 0.6 is 0 Å². The lowest BCUT2D eigenvalue weighted by atomic mass is 10.3. The number of aromatic nitrogens is 2. The largest absolute Gasteiger partial charge is 0.419 e. The predicted molar refractivity (Wildman–Crippen MR) is 112 cm³/mol. The molecule has 0 aromatic carbocycles. The van der Waals surface area contributed by atoms with Crippen molar-refractivity contribution in [2.45, 2.75) is 47.7 Å². The molecule has 0 unspecified atom stereocenters. The number of piperazine rings is 1. The van der Waals surface area contributed by atoms with Crippen LogP contribution in [0.5, 0.6) is 0 Å². The van der Waals surface area contributed by atoms with Gasteiger partial charge in [-0.05, 0) is 0 Å². The van der Waals surface area contributed by atoms with Gasteiger partial charge in [-0.2, -0.15) is 13.2 Å². The van der Waals surface area contributed by atoms with Crippen molar-refractivity contribution in [3.63, 3.8) is 0 Å². The summed E-state index contributed by atoms with van der Waals surface area (Å²) in [5.74, 6) is 0.236. The third kappa shape index (κ3) is 12.3. The quantitative estimate of drug-likeness (QED) is 0.799. The van der Waals surface area contributed by atoms with Crippen LogP contribution in [0.25, 0.3) is 0 Å². The number of halogens is 3. The van der Waals surface area contributed by atoms with Gasteiger partial charge in [0, 0.05) is 65.8 Å². The predicted octanol–water partition coefficient (Wildman–Crippen LogP) is 3.44. The molecule has 10 heteroatoms. The number of rotatable bonds is 3. The van der Waals surface area contributed by atoms with E-state index in [0.29, 0.717) is 39.1 Å². The molecule has 0 aliphatic carbocycles. The number of carbonyl (C=O) groups excluding carboxylic acids is 1. The summed E-state index contributed by atoms with van der Waals surface area (Å²) in [7, 11) is 3.25. The molecule has 29 heavy (non-hydrogen) atoms. The Kier molecular flexibility index (Phi) is 19.8. The lowest BCUT2D eigenvalue weighted by Gasteiger charge is -2.34. The van der Waals surface area contributed by atoms with Crippen LogP contribution < -0.4 is 10.6 Å². The standard InChI is InChI=1S/C12H16F3N5O.C2H6O.2C2H6.CH4/c13-12(14,15)9-7-17-11(18-8-9)20-5-3-19(4-6-20)10(21)1-2-16;1-3-2;2*1-2;/h7-8H,1-6,16H2;1-2H3;2*1-2H3;1H4. The molecule has 2 heterocycles. The van der Waals surface area contributed by atoms with E-state index in [0.717, 1.165) is 12.4 Å². The molecule has 1 amide bonds. The topological polar surface area (TPSA) is 84.6 Å². The second-order valence-electron chi connectivity index (χ2n) is 5.08. The van der Waals surface area contributed by atoms with Crippen LogP contribution in [-0.4, -0.2) is 67.7 Å². The van der Waals surface area contributed by atoms with Gasteiger partial charge in [-0.25, -0.2) is 9.97 Å². The molecule has 1 saturated heterocycles. The SMILES string of the molecule is C.CC.CC.COC.NCCC(=O)N1CCN(c2ncc(C(F)(F)F)cn2)CC1. The van der Waals surface area contributed by atoms with Gasteiger partial charge in [0.25, 0.3) is 0 Å².